The Kier molecular flexibility index (Phi) is 4.57. The molecule has 1 N–H and O–H groups in total. The number of fused-ring (bicyclic) bond motifs is 1. The average Bonchev–Trinajstić information content (AvgIpc) is 3.29. The number of hydrogen-bond donors (Lipinski definition) is 1. The van der Waals surface area contributed by atoms with E-state index < -0.39 is 10.0 Å². The predicted octanol–water partition coefficient (Wildman–Crippen LogP) is 3.44. The van der Waals surface area contributed by atoms with Crippen LogP contribution in [0.5, 0.6) is 0 Å². The summed E-state index contributed by atoms with van der Waals surface area (Å²) in [6.07, 6.45) is 2.57. The van der Waals surface area contributed by atoms with Crippen LogP contribution in [-0.4, -0.2) is 24.7 Å². The van der Waals surface area contributed by atoms with E-state index in [9.17, 15) is 8.42 Å². The van der Waals surface area contributed by atoms with Crippen molar-refractivity contribution < 1.29 is 8.42 Å². The van der Waals surface area contributed by atoms with Crippen LogP contribution in [0.15, 0.2) is 59.8 Å². The van der Waals surface area contributed by atoms with Crippen LogP contribution < -0.4 is 9.62 Å². The Labute approximate surface area is 163 Å². The number of anilines is 2. The van der Waals surface area contributed by atoms with Crippen LogP contribution in [0.2, 0.25) is 5.02 Å². The first kappa shape index (κ1) is 17.9. The van der Waals surface area contributed by atoms with Crippen LogP contribution in [0.4, 0.5) is 11.4 Å². The zero-order chi connectivity index (χ0) is 19.0. The van der Waals surface area contributed by atoms with Gasteiger partial charge in [0.1, 0.15) is 0 Å². The number of aromatic nitrogens is 2. The van der Waals surface area contributed by atoms with Crippen molar-refractivity contribution in [2.75, 3.05) is 16.2 Å². The van der Waals surface area contributed by atoms with Gasteiger partial charge >= 0.3 is 0 Å². The maximum atomic E-state index is 13.3. The fraction of sp³-hybridized carbons (Fsp3) is 0.211. The highest BCUT2D eigenvalue weighted by Crippen LogP contribution is 2.31. The zero-order valence-corrected chi connectivity index (χ0v) is 16.3. The monoisotopic (exact) mass is 402 g/mol. The van der Waals surface area contributed by atoms with Crippen molar-refractivity contribution in [2.24, 2.45) is 7.05 Å². The van der Waals surface area contributed by atoms with Crippen LogP contribution in [0.3, 0.4) is 0 Å². The summed E-state index contributed by atoms with van der Waals surface area (Å²) in [7, 11) is -2.12. The van der Waals surface area contributed by atoms with E-state index in [0.29, 0.717) is 10.7 Å². The third-order valence-corrected chi connectivity index (χ3v) is 6.49. The lowest BCUT2D eigenvalue weighted by Gasteiger charge is -2.24. The van der Waals surface area contributed by atoms with Gasteiger partial charge in [0.2, 0.25) is 0 Å². The summed E-state index contributed by atoms with van der Waals surface area (Å²) in [6.45, 7) is 1.05. The summed E-state index contributed by atoms with van der Waals surface area (Å²) in [5.41, 5.74) is 3.61. The second-order valence-corrected chi connectivity index (χ2v) is 8.73. The average molecular weight is 403 g/mol. The largest absolute Gasteiger partial charge is 0.384 e. The number of halogens is 1. The molecule has 8 heteroatoms. The molecule has 0 amide bonds. The van der Waals surface area contributed by atoms with Gasteiger partial charge < -0.3 is 5.32 Å². The molecule has 0 saturated heterocycles. The van der Waals surface area contributed by atoms with Gasteiger partial charge in [-0.25, -0.2) is 0 Å². The maximum Gasteiger partial charge on any atom is 0.283 e. The molecular weight excluding hydrogens is 384 g/mol. The second kappa shape index (κ2) is 6.90. The summed E-state index contributed by atoms with van der Waals surface area (Å²) in [5.74, 6) is 0. The Hall–Kier alpha value is -2.51. The van der Waals surface area contributed by atoms with E-state index in [4.69, 9.17) is 11.6 Å². The molecule has 6 nitrogen and oxygen atoms in total. The Morgan fingerprint density at radius 2 is 1.96 bits per heavy atom. The molecule has 2 heterocycles. The van der Waals surface area contributed by atoms with Gasteiger partial charge in [0, 0.05) is 30.5 Å². The molecule has 1 aliphatic rings. The number of aryl methyl sites for hydroxylation is 1. The van der Waals surface area contributed by atoms with Gasteiger partial charge in [-0.2, -0.15) is 13.5 Å². The molecule has 4 rings (SSSR count). The van der Waals surface area contributed by atoms with Crippen molar-refractivity contribution in [2.45, 2.75) is 18.0 Å². The number of rotatable bonds is 5. The second-order valence-electron chi connectivity index (χ2n) is 6.48. The summed E-state index contributed by atoms with van der Waals surface area (Å²) >= 11 is 5.96. The molecule has 0 atom stereocenters. The lowest BCUT2D eigenvalue weighted by molar-refractivity contribution is 0.582. The molecular formula is C19H19ClN4O2S. The molecule has 0 spiro atoms. The third-order valence-electron chi connectivity index (χ3n) is 4.57. The zero-order valence-electron chi connectivity index (χ0n) is 14.8. The fourth-order valence-corrected chi connectivity index (χ4v) is 4.68. The minimum absolute atomic E-state index is 0.0208. The lowest BCUT2D eigenvalue weighted by atomic mass is 10.1. The molecule has 0 radical (unpaired) electrons. The molecule has 1 aliphatic heterocycles. The molecule has 1 aromatic heterocycles. The van der Waals surface area contributed by atoms with Crippen LogP contribution >= 0.6 is 11.6 Å². The lowest BCUT2D eigenvalue weighted by Crippen LogP contribution is -2.31. The fourth-order valence-electron chi connectivity index (χ4n) is 3.15. The summed E-state index contributed by atoms with van der Waals surface area (Å²) in [5, 5.41) is 8.04. The Balaban J connectivity index is 1.78. The van der Waals surface area contributed by atoms with Crippen LogP contribution in [0.1, 0.15) is 11.1 Å². The van der Waals surface area contributed by atoms with E-state index in [1.807, 2.05) is 30.3 Å². The van der Waals surface area contributed by atoms with E-state index in [1.54, 1.807) is 25.4 Å². The molecule has 140 valence electrons. The molecule has 0 aliphatic carbocycles. The van der Waals surface area contributed by atoms with Gasteiger partial charge in [-0.1, -0.05) is 29.8 Å². The molecule has 3 aromatic rings. The molecule has 0 bridgehead atoms. The summed E-state index contributed by atoms with van der Waals surface area (Å²) in [6, 6.07) is 14.4. The topological polar surface area (TPSA) is 67.2 Å². The summed E-state index contributed by atoms with van der Waals surface area (Å²) < 4.78 is 29.5. The van der Waals surface area contributed by atoms with Gasteiger partial charge in [0.15, 0.2) is 5.03 Å². The Morgan fingerprint density at radius 3 is 2.67 bits per heavy atom. The number of hydrogen-bond acceptors (Lipinski definition) is 4. The van der Waals surface area contributed by atoms with Crippen molar-refractivity contribution in [1.82, 2.24) is 9.78 Å². The number of nitrogens with one attached hydrogen (secondary N) is 1. The van der Waals surface area contributed by atoms with Gasteiger partial charge in [-0.05, 0) is 47.9 Å². The minimum Gasteiger partial charge on any atom is -0.384 e. The number of nitrogens with zero attached hydrogens (tertiary/aromatic N) is 3. The van der Waals surface area contributed by atoms with Crippen molar-refractivity contribution in [3.05, 3.63) is 70.9 Å². The van der Waals surface area contributed by atoms with E-state index in [0.717, 1.165) is 24.2 Å². The first-order valence-electron chi connectivity index (χ1n) is 8.57. The SMILES string of the molecule is Cn1ccc(S(=O)(=O)N(Cc2ccc(Cl)cc2)c2ccc3c(c2)NCC3)n1. The van der Waals surface area contributed by atoms with Gasteiger partial charge in [-0.15, -0.1) is 0 Å². The van der Waals surface area contributed by atoms with E-state index in [1.165, 1.54) is 20.6 Å². The normalized spacial score (nSPS) is 13.3. The van der Waals surface area contributed by atoms with E-state index >= 15 is 0 Å². The van der Waals surface area contributed by atoms with Crippen molar-refractivity contribution in [3.63, 3.8) is 0 Å². The van der Waals surface area contributed by atoms with Gasteiger partial charge in [-0.3, -0.25) is 8.99 Å². The molecule has 0 saturated carbocycles. The Bertz CT molecular complexity index is 1080. The standard InChI is InChI=1S/C19H19ClN4O2S/c1-23-11-9-19(22-23)27(25,26)24(13-14-2-5-16(20)6-3-14)17-7-4-15-8-10-21-18(15)12-17/h2-7,9,11-12,21H,8,10,13H2,1H3. The predicted molar refractivity (Wildman–Crippen MR) is 107 cm³/mol. The minimum atomic E-state index is -3.82. The van der Waals surface area contributed by atoms with E-state index in [2.05, 4.69) is 10.4 Å². The number of benzene rings is 2. The highest BCUT2D eigenvalue weighted by molar-refractivity contribution is 7.92. The highest BCUT2D eigenvalue weighted by atomic mass is 35.5. The van der Waals surface area contributed by atoms with Crippen molar-refractivity contribution in [1.29, 1.82) is 0 Å². The van der Waals surface area contributed by atoms with Crippen LogP contribution in [0, 0.1) is 0 Å². The highest BCUT2D eigenvalue weighted by Gasteiger charge is 2.28. The smallest absolute Gasteiger partial charge is 0.283 e. The van der Waals surface area contributed by atoms with Crippen LogP contribution in [0.25, 0.3) is 0 Å². The quantitative estimate of drug-likeness (QED) is 0.709. The first-order chi connectivity index (χ1) is 12.9. The van der Waals surface area contributed by atoms with E-state index in [-0.39, 0.29) is 11.6 Å². The van der Waals surface area contributed by atoms with Crippen LogP contribution in [-0.2, 0) is 30.0 Å². The molecule has 2 aromatic carbocycles. The number of sulfonamides is 1. The third kappa shape index (κ3) is 3.52. The summed E-state index contributed by atoms with van der Waals surface area (Å²) in [4.78, 5) is 0. The van der Waals surface area contributed by atoms with Crippen molar-refractivity contribution >= 4 is 33.0 Å². The maximum absolute atomic E-state index is 13.3. The molecule has 0 fully saturated rings. The van der Waals surface area contributed by atoms with Gasteiger partial charge in [0.25, 0.3) is 10.0 Å². The molecule has 27 heavy (non-hydrogen) atoms. The van der Waals surface area contributed by atoms with Crippen molar-refractivity contribution in [3.8, 4) is 0 Å². The molecule has 0 unspecified atom stereocenters. The Morgan fingerprint density at radius 1 is 1.19 bits per heavy atom. The first-order valence-corrected chi connectivity index (χ1v) is 10.4. The van der Waals surface area contributed by atoms with Gasteiger partial charge in [0.05, 0.1) is 12.2 Å².